The van der Waals surface area contributed by atoms with Crippen LogP contribution in [0.1, 0.15) is 72.9 Å². The first-order chi connectivity index (χ1) is 22.9. The maximum Gasteiger partial charge on any atom is 0.407 e. The minimum Gasteiger partial charge on any atom is -0.493 e. The molecule has 0 saturated carbocycles. The summed E-state index contributed by atoms with van der Waals surface area (Å²) in [6, 6.07) is 10.4. The Morgan fingerprint density at radius 2 is 0.980 bits per heavy atom. The lowest BCUT2D eigenvalue weighted by Gasteiger charge is -2.19. The molecule has 0 bridgehead atoms. The van der Waals surface area contributed by atoms with E-state index < -0.39 is 23.4 Å². The number of ketones is 2. The maximum atomic E-state index is 12.9. The summed E-state index contributed by atoms with van der Waals surface area (Å²) >= 11 is 0. The van der Waals surface area contributed by atoms with Crippen LogP contribution in [-0.2, 0) is 19.1 Å². The van der Waals surface area contributed by atoms with Crippen molar-refractivity contribution in [2.75, 3.05) is 40.5 Å². The van der Waals surface area contributed by atoms with Crippen molar-refractivity contribution in [1.82, 2.24) is 10.6 Å². The van der Waals surface area contributed by atoms with Gasteiger partial charge >= 0.3 is 12.2 Å². The summed E-state index contributed by atoms with van der Waals surface area (Å²) in [6.45, 7) is 14.9. The molecule has 2 rings (SSSR count). The fourth-order valence-electron chi connectivity index (χ4n) is 4.13. The van der Waals surface area contributed by atoms with E-state index in [1.165, 1.54) is 14.2 Å². The molecule has 0 radical (unpaired) electrons. The van der Waals surface area contributed by atoms with E-state index in [0.29, 0.717) is 45.3 Å². The van der Waals surface area contributed by atoms with Crippen LogP contribution in [0.5, 0.6) is 23.0 Å². The van der Waals surface area contributed by atoms with Crippen LogP contribution in [0.15, 0.2) is 47.5 Å². The molecule has 2 aromatic carbocycles. The summed E-state index contributed by atoms with van der Waals surface area (Å²) in [6.07, 6.45) is 2.00. The number of Topliss-reactive ketones (excluding diaryl/α,β-unsaturated/α-hetero) is 2. The summed E-state index contributed by atoms with van der Waals surface area (Å²) in [5.41, 5.74) is 1.01. The van der Waals surface area contributed by atoms with E-state index in [-0.39, 0.29) is 44.3 Å². The molecular weight excluding hydrogens is 632 g/mol. The van der Waals surface area contributed by atoms with E-state index in [4.69, 9.17) is 28.4 Å². The van der Waals surface area contributed by atoms with Crippen molar-refractivity contribution in [2.45, 2.75) is 73.0 Å². The highest BCUT2D eigenvalue weighted by Crippen LogP contribution is 2.30. The number of ether oxygens (including phenoxy) is 6. The molecule has 2 aromatic rings. The SMILES string of the molecule is COc1cc(/C=C(\C)C(=O)CC(=O)/C(C)=C/c2ccc(OCCNC(=O)OC(C)(C)C)c(OC)c2)ccc1OCCNC(=O)OC(C)(C)C. The van der Waals surface area contributed by atoms with E-state index in [0.717, 1.165) is 0 Å². The Morgan fingerprint density at radius 1 is 0.612 bits per heavy atom. The Hall–Kier alpha value is -5.00. The number of hydrogen-bond donors (Lipinski definition) is 2. The van der Waals surface area contributed by atoms with Gasteiger partial charge in [-0.2, -0.15) is 0 Å². The van der Waals surface area contributed by atoms with Gasteiger partial charge in [0, 0.05) is 0 Å². The van der Waals surface area contributed by atoms with E-state index in [2.05, 4.69) is 10.6 Å². The molecule has 268 valence electrons. The van der Waals surface area contributed by atoms with Gasteiger partial charge in [0.25, 0.3) is 0 Å². The third-order valence-electron chi connectivity index (χ3n) is 6.40. The molecule has 0 saturated heterocycles. The molecule has 0 fully saturated rings. The Kier molecular flexibility index (Phi) is 15.2. The molecule has 0 unspecified atom stereocenters. The van der Waals surface area contributed by atoms with Crippen LogP contribution in [0.2, 0.25) is 0 Å². The zero-order valence-corrected chi connectivity index (χ0v) is 30.2. The van der Waals surface area contributed by atoms with Gasteiger partial charge in [0.1, 0.15) is 24.4 Å². The number of rotatable bonds is 16. The number of alkyl carbamates (subject to hydrolysis) is 2. The van der Waals surface area contributed by atoms with Crippen LogP contribution in [0.3, 0.4) is 0 Å². The molecule has 2 amide bonds. The molecule has 12 heteroatoms. The number of benzene rings is 2. The first-order valence-corrected chi connectivity index (χ1v) is 15.9. The third-order valence-corrected chi connectivity index (χ3v) is 6.40. The summed E-state index contributed by atoms with van der Waals surface area (Å²) in [4.78, 5) is 49.5. The quantitative estimate of drug-likeness (QED) is 0.114. The van der Waals surface area contributed by atoms with Crippen molar-refractivity contribution >= 4 is 35.9 Å². The number of carbonyl (C=O) groups is 4. The fraction of sp³-hybridized carbons (Fsp3) is 0.459. The van der Waals surface area contributed by atoms with Crippen LogP contribution in [0.4, 0.5) is 9.59 Å². The van der Waals surface area contributed by atoms with Crippen LogP contribution < -0.4 is 29.6 Å². The van der Waals surface area contributed by atoms with Crippen LogP contribution >= 0.6 is 0 Å². The van der Waals surface area contributed by atoms with Crippen LogP contribution in [0.25, 0.3) is 12.2 Å². The van der Waals surface area contributed by atoms with Crippen molar-refractivity contribution in [2.24, 2.45) is 0 Å². The second-order valence-corrected chi connectivity index (χ2v) is 13.1. The minimum absolute atomic E-state index is 0.192. The molecule has 0 aliphatic carbocycles. The lowest BCUT2D eigenvalue weighted by molar-refractivity contribution is -0.122. The van der Waals surface area contributed by atoms with Crippen molar-refractivity contribution in [3.8, 4) is 23.0 Å². The number of amides is 2. The van der Waals surface area contributed by atoms with Crippen molar-refractivity contribution in [3.05, 3.63) is 58.7 Å². The first-order valence-electron chi connectivity index (χ1n) is 15.9. The third kappa shape index (κ3) is 15.2. The van der Waals surface area contributed by atoms with Gasteiger partial charge in [-0.3, -0.25) is 9.59 Å². The van der Waals surface area contributed by atoms with E-state index >= 15 is 0 Å². The standard InChI is InChI=1S/C37H50N2O10/c1-24(19-26-11-13-30(32(21-26)44-9)46-17-15-38-34(42)48-36(3,4)5)28(40)23-29(41)25(2)20-27-12-14-31(33(22-27)45-10)47-18-16-39-35(43)49-37(6,7)8/h11-14,19-22H,15-18,23H2,1-10H3,(H,38,42)(H,39,43)/b24-19+,25-20+. The number of allylic oxidation sites excluding steroid dienone is 2. The Bertz CT molecular complexity index is 1420. The Morgan fingerprint density at radius 3 is 1.31 bits per heavy atom. The molecule has 12 nitrogen and oxygen atoms in total. The van der Waals surface area contributed by atoms with Gasteiger partial charge in [0.05, 0.1) is 33.7 Å². The smallest absolute Gasteiger partial charge is 0.407 e. The highest BCUT2D eigenvalue weighted by molar-refractivity contribution is 6.15. The zero-order valence-electron chi connectivity index (χ0n) is 30.2. The largest absolute Gasteiger partial charge is 0.493 e. The molecular formula is C37H50N2O10. The van der Waals surface area contributed by atoms with Gasteiger partial charge in [-0.25, -0.2) is 9.59 Å². The van der Waals surface area contributed by atoms with Gasteiger partial charge in [-0.15, -0.1) is 0 Å². The van der Waals surface area contributed by atoms with E-state index in [1.807, 2.05) is 0 Å². The van der Waals surface area contributed by atoms with Crippen LogP contribution in [-0.4, -0.2) is 75.5 Å². The Balaban J connectivity index is 1.95. The van der Waals surface area contributed by atoms with Crippen molar-refractivity contribution in [1.29, 1.82) is 0 Å². The number of methoxy groups -OCH3 is 2. The second kappa shape index (κ2) is 18.5. The lowest BCUT2D eigenvalue weighted by Crippen LogP contribution is -2.34. The summed E-state index contributed by atoms with van der Waals surface area (Å²) in [5.74, 6) is 1.21. The number of nitrogens with one attached hydrogen (secondary N) is 2. The van der Waals surface area contributed by atoms with Gasteiger partial charge < -0.3 is 39.1 Å². The van der Waals surface area contributed by atoms with Gasteiger partial charge in [0.15, 0.2) is 34.6 Å². The molecule has 0 aliphatic rings. The van der Waals surface area contributed by atoms with E-state index in [9.17, 15) is 19.2 Å². The Labute approximate surface area is 289 Å². The number of carbonyl (C=O) groups excluding carboxylic acids is 4. The van der Waals surface area contributed by atoms with Crippen molar-refractivity contribution in [3.63, 3.8) is 0 Å². The second-order valence-electron chi connectivity index (χ2n) is 13.1. The van der Waals surface area contributed by atoms with Gasteiger partial charge in [-0.1, -0.05) is 12.1 Å². The first kappa shape index (κ1) is 40.2. The number of hydrogen-bond acceptors (Lipinski definition) is 10. The monoisotopic (exact) mass is 682 g/mol. The highest BCUT2D eigenvalue weighted by Gasteiger charge is 2.18. The summed E-state index contributed by atoms with van der Waals surface area (Å²) < 4.78 is 32.8. The fourth-order valence-corrected chi connectivity index (χ4v) is 4.13. The average molecular weight is 683 g/mol. The molecule has 0 aliphatic heterocycles. The van der Waals surface area contributed by atoms with Gasteiger partial charge in [0.2, 0.25) is 0 Å². The average Bonchev–Trinajstić information content (AvgIpc) is 3.00. The topological polar surface area (TPSA) is 148 Å². The molecule has 49 heavy (non-hydrogen) atoms. The minimum atomic E-state index is -0.592. The summed E-state index contributed by atoms with van der Waals surface area (Å²) in [5, 5.41) is 5.25. The normalized spacial score (nSPS) is 12.0. The van der Waals surface area contributed by atoms with E-state index in [1.54, 1.807) is 104 Å². The lowest BCUT2D eigenvalue weighted by atomic mass is 10.00. The maximum absolute atomic E-state index is 12.9. The molecule has 0 heterocycles. The molecule has 0 aromatic heterocycles. The molecule has 0 atom stereocenters. The molecule has 0 spiro atoms. The predicted octanol–water partition coefficient (Wildman–Crippen LogP) is 6.55. The van der Waals surface area contributed by atoms with Gasteiger partial charge in [-0.05, 0) is 114 Å². The predicted molar refractivity (Wildman–Crippen MR) is 187 cm³/mol. The molecule has 2 N–H and O–H groups in total. The zero-order chi connectivity index (χ0) is 36.8. The highest BCUT2D eigenvalue weighted by atomic mass is 16.6. The van der Waals surface area contributed by atoms with Crippen molar-refractivity contribution < 1.29 is 47.6 Å². The summed E-state index contributed by atoms with van der Waals surface area (Å²) in [7, 11) is 3.01. The van der Waals surface area contributed by atoms with Crippen LogP contribution in [0, 0.1) is 0 Å².